The number of rotatable bonds is 8. The number of aromatic hydroxyl groups is 1. The van der Waals surface area contributed by atoms with Gasteiger partial charge < -0.3 is 19.3 Å². The summed E-state index contributed by atoms with van der Waals surface area (Å²) in [6.45, 7) is 8.03. The number of para-hydroxylation sites is 2. The Bertz CT molecular complexity index is 902. The maximum Gasteiger partial charge on any atom is 0.169 e. The van der Waals surface area contributed by atoms with Gasteiger partial charge in [-0.1, -0.05) is 12.1 Å². The summed E-state index contributed by atoms with van der Waals surface area (Å²) in [5, 5.41) is 10.3. The van der Waals surface area contributed by atoms with Crippen LogP contribution in [0.25, 0.3) is 0 Å². The summed E-state index contributed by atoms with van der Waals surface area (Å²) in [5.41, 5.74) is 0.328. The molecule has 2 aromatic carbocycles. The lowest BCUT2D eigenvalue weighted by atomic mass is 9.83. The van der Waals surface area contributed by atoms with Crippen LogP contribution in [0.3, 0.4) is 0 Å². The van der Waals surface area contributed by atoms with E-state index >= 15 is 0 Å². The van der Waals surface area contributed by atoms with Gasteiger partial charge in [-0.2, -0.15) is 0 Å². The Morgan fingerprint density at radius 1 is 0.724 bits per heavy atom. The van der Waals surface area contributed by atoms with Gasteiger partial charge in [0, 0.05) is 23.6 Å². The average Bonchev–Trinajstić information content (AvgIpc) is 2.70. The van der Waals surface area contributed by atoms with Crippen molar-refractivity contribution >= 4 is 12.4 Å². The maximum atomic E-state index is 10.3. The van der Waals surface area contributed by atoms with Crippen molar-refractivity contribution in [3.05, 3.63) is 47.5 Å². The highest BCUT2D eigenvalue weighted by Gasteiger charge is 2.36. The first-order valence-corrected chi connectivity index (χ1v) is 9.34. The largest absolute Gasteiger partial charge is 0.504 e. The van der Waals surface area contributed by atoms with E-state index in [1.54, 1.807) is 38.8 Å². The van der Waals surface area contributed by atoms with Crippen molar-refractivity contribution in [3.63, 3.8) is 0 Å². The summed E-state index contributed by atoms with van der Waals surface area (Å²) in [4.78, 5) is 9.50. The monoisotopic (exact) mass is 398 g/mol. The predicted octanol–water partition coefficient (Wildman–Crippen LogP) is 4.51. The molecule has 156 valence electrons. The minimum absolute atomic E-state index is 0.0666. The number of benzene rings is 2. The van der Waals surface area contributed by atoms with E-state index in [0.29, 0.717) is 22.8 Å². The highest BCUT2D eigenvalue weighted by Crippen LogP contribution is 2.33. The fraction of sp³-hybridized carbons (Fsp3) is 0.391. The van der Waals surface area contributed by atoms with Crippen LogP contribution in [-0.4, -0.2) is 49.9 Å². The van der Waals surface area contributed by atoms with E-state index < -0.39 is 11.1 Å². The Morgan fingerprint density at radius 2 is 1.21 bits per heavy atom. The molecule has 2 rings (SSSR count). The molecular formula is C23H30N2O4. The molecule has 0 unspecified atom stereocenters. The zero-order valence-corrected chi connectivity index (χ0v) is 18.2. The molecule has 0 amide bonds. The molecule has 0 radical (unpaired) electrons. The highest BCUT2D eigenvalue weighted by molar-refractivity contribution is 5.86. The minimum Gasteiger partial charge on any atom is -0.504 e. The molecule has 6 nitrogen and oxygen atoms in total. The van der Waals surface area contributed by atoms with Gasteiger partial charge in [-0.3, -0.25) is 9.98 Å². The van der Waals surface area contributed by atoms with Crippen molar-refractivity contribution in [3.8, 4) is 23.0 Å². The molecule has 0 aliphatic carbocycles. The van der Waals surface area contributed by atoms with Crippen LogP contribution in [0.4, 0.5) is 0 Å². The summed E-state index contributed by atoms with van der Waals surface area (Å²) in [6, 6.07) is 11.0. The van der Waals surface area contributed by atoms with Crippen LogP contribution in [0.15, 0.2) is 46.4 Å². The third-order valence-electron chi connectivity index (χ3n) is 5.23. The smallest absolute Gasteiger partial charge is 0.169 e. The molecule has 0 heterocycles. The lowest BCUT2D eigenvalue weighted by molar-refractivity contribution is 0.317. The number of methoxy groups -OCH3 is 3. The molecule has 0 saturated carbocycles. The van der Waals surface area contributed by atoms with Gasteiger partial charge in [-0.05, 0) is 52.0 Å². The van der Waals surface area contributed by atoms with Gasteiger partial charge in [-0.25, -0.2) is 0 Å². The molecule has 6 heteroatoms. The van der Waals surface area contributed by atoms with Crippen molar-refractivity contribution in [1.29, 1.82) is 0 Å². The van der Waals surface area contributed by atoms with E-state index in [2.05, 4.69) is 0 Å². The van der Waals surface area contributed by atoms with Crippen LogP contribution < -0.4 is 14.2 Å². The first kappa shape index (κ1) is 22.3. The van der Waals surface area contributed by atoms with Crippen molar-refractivity contribution in [2.75, 3.05) is 21.3 Å². The van der Waals surface area contributed by atoms with Crippen LogP contribution in [0.2, 0.25) is 0 Å². The van der Waals surface area contributed by atoms with E-state index in [-0.39, 0.29) is 5.75 Å². The second kappa shape index (κ2) is 8.99. The summed E-state index contributed by atoms with van der Waals surface area (Å²) < 4.78 is 16.0. The summed E-state index contributed by atoms with van der Waals surface area (Å²) in [5.74, 6) is 1.77. The third-order valence-corrected chi connectivity index (χ3v) is 5.23. The highest BCUT2D eigenvalue weighted by atomic mass is 16.5. The Morgan fingerprint density at radius 3 is 1.72 bits per heavy atom. The number of hydrogen-bond acceptors (Lipinski definition) is 6. The van der Waals surface area contributed by atoms with Crippen LogP contribution in [0.5, 0.6) is 23.0 Å². The first-order chi connectivity index (χ1) is 13.7. The van der Waals surface area contributed by atoms with Gasteiger partial charge in [0.15, 0.2) is 23.0 Å². The van der Waals surface area contributed by atoms with Gasteiger partial charge in [0.05, 0.1) is 32.4 Å². The number of ether oxygens (including phenoxy) is 3. The molecule has 0 bridgehead atoms. The molecule has 0 aliphatic heterocycles. The number of phenolic OH excluding ortho intramolecular Hbond substituents is 1. The average molecular weight is 399 g/mol. The SMILES string of the molecule is COc1cccc(C=NC(C)(C)C(C)(C)N=Cc2cccc(OC)c2OC)c1O. The molecule has 29 heavy (non-hydrogen) atoms. The molecule has 0 aliphatic rings. The van der Waals surface area contributed by atoms with Gasteiger partial charge in [-0.15, -0.1) is 0 Å². The molecule has 0 atom stereocenters. The molecular weight excluding hydrogens is 368 g/mol. The molecule has 1 N–H and O–H groups in total. The Hall–Kier alpha value is -3.02. The standard InChI is InChI=1S/C23H30N2O4/c1-22(2,24-14-16-10-8-12-18(27-5)20(16)26)23(3,4)25-15-17-11-9-13-19(28-6)21(17)29-7/h8-15,26H,1-7H3. The quantitative estimate of drug-likeness (QED) is 0.664. The molecule has 0 saturated heterocycles. The number of hydrogen-bond donors (Lipinski definition) is 1. The molecule has 0 spiro atoms. The van der Waals surface area contributed by atoms with E-state index in [4.69, 9.17) is 24.2 Å². The second-order valence-electron chi connectivity index (χ2n) is 7.62. The van der Waals surface area contributed by atoms with Gasteiger partial charge in [0.25, 0.3) is 0 Å². The summed E-state index contributed by atoms with van der Waals surface area (Å²) in [7, 11) is 4.73. The Labute approximate surface area is 172 Å². The van der Waals surface area contributed by atoms with Gasteiger partial charge in [0.2, 0.25) is 0 Å². The topological polar surface area (TPSA) is 72.6 Å². The van der Waals surface area contributed by atoms with E-state index in [1.165, 1.54) is 7.11 Å². The van der Waals surface area contributed by atoms with E-state index in [1.807, 2.05) is 52.0 Å². The fourth-order valence-electron chi connectivity index (χ4n) is 2.60. The normalized spacial score (nSPS) is 12.5. The predicted molar refractivity (Wildman–Crippen MR) is 118 cm³/mol. The summed E-state index contributed by atoms with van der Waals surface area (Å²) >= 11 is 0. The van der Waals surface area contributed by atoms with Crippen molar-refractivity contribution in [2.24, 2.45) is 9.98 Å². The van der Waals surface area contributed by atoms with Crippen LogP contribution in [-0.2, 0) is 0 Å². The molecule has 2 aromatic rings. The van der Waals surface area contributed by atoms with Gasteiger partial charge in [0.1, 0.15) is 0 Å². The van der Waals surface area contributed by atoms with Gasteiger partial charge >= 0.3 is 0 Å². The number of nitrogens with zero attached hydrogens (tertiary/aromatic N) is 2. The van der Waals surface area contributed by atoms with Crippen molar-refractivity contribution < 1.29 is 19.3 Å². The second-order valence-corrected chi connectivity index (χ2v) is 7.62. The first-order valence-electron chi connectivity index (χ1n) is 9.34. The third kappa shape index (κ3) is 4.88. The lowest BCUT2D eigenvalue weighted by Gasteiger charge is -2.35. The zero-order valence-electron chi connectivity index (χ0n) is 18.2. The van der Waals surface area contributed by atoms with Crippen LogP contribution >= 0.6 is 0 Å². The number of aliphatic imine (C=N–C) groups is 2. The Balaban J connectivity index is 2.31. The van der Waals surface area contributed by atoms with Crippen LogP contribution in [0, 0.1) is 0 Å². The van der Waals surface area contributed by atoms with Crippen LogP contribution in [0.1, 0.15) is 38.8 Å². The maximum absolute atomic E-state index is 10.3. The fourth-order valence-corrected chi connectivity index (χ4v) is 2.60. The van der Waals surface area contributed by atoms with Crippen molar-refractivity contribution in [1.82, 2.24) is 0 Å². The lowest BCUT2D eigenvalue weighted by Crippen LogP contribution is -2.42. The minimum atomic E-state index is -0.550. The van der Waals surface area contributed by atoms with Crippen molar-refractivity contribution in [2.45, 2.75) is 38.8 Å². The summed E-state index contributed by atoms with van der Waals surface area (Å²) in [6.07, 6.45) is 3.43. The number of phenols is 1. The van der Waals surface area contributed by atoms with E-state index in [0.717, 1.165) is 5.56 Å². The Kier molecular flexibility index (Phi) is 6.90. The molecule has 0 aromatic heterocycles. The van der Waals surface area contributed by atoms with E-state index in [9.17, 15) is 5.11 Å². The zero-order chi connectivity index (χ0) is 21.7. The molecule has 0 fully saturated rings.